The maximum atomic E-state index is 12.7. The third kappa shape index (κ3) is 6.50. The second-order valence-electron chi connectivity index (χ2n) is 8.15. The number of benzene rings is 1. The van der Waals surface area contributed by atoms with E-state index in [2.05, 4.69) is 15.4 Å². The summed E-state index contributed by atoms with van der Waals surface area (Å²) in [6, 6.07) is 12.6. The van der Waals surface area contributed by atoms with Crippen molar-refractivity contribution < 1.29 is 19.1 Å². The molecule has 4 rings (SSSR count). The molecule has 1 aliphatic rings. The number of anilines is 1. The lowest BCUT2D eigenvalue weighted by molar-refractivity contribution is -0.133. The van der Waals surface area contributed by atoms with Crippen LogP contribution < -0.4 is 10.1 Å². The minimum absolute atomic E-state index is 0.0331. The fourth-order valence-corrected chi connectivity index (χ4v) is 3.80. The SMILES string of the molecule is O=C(CCC(=O)c1ccccc1)Nc1cnn(CC(=O)N2CCC(Oc3cccnc3)CC2)c1. The lowest BCUT2D eigenvalue weighted by Crippen LogP contribution is -2.43. The van der Waals surface area contributed by atoms with E-state index in [4.69, 9.17) is 4.74 Å². The van der Waals surface area contributed by atoms with E-state index in [1.165, 1.54) is 10.9 Å². The Morgan fingerprint density at radius 3 is 2.53 bits per heavy atom. The summed E-state index contributed by atoms with van der Waals surface area (Å²) < 4.78 is 7.43. The highest BCUT2D eigenvalue weighted by atomic mass is 16.5. The number of Topliss-reactive ketones (excluding diaryl/α,β-unsaturated/α-hetero) is 1. The van der Waals surface area contributed by atoms with Crippen molar-refractivity contribution in [2.24, 2.45) is 0 Å². The number of piperidine rings is 1. The normalized spacial score (nSPS) is 13.9. The lowest BCUT2D eigenvalue weighted by Gasteiger charge is -2.32. The molecular formula is C25H27N5O4. The van der Waals surface area contributed by atoms with Gasteiger partial charge in [-0.05, 0) is 12.1 Å². The van der Waals surface area contributed by atoms with E-state index in [1.807, 2.05) is 18.2 Å². The van der Waals surface area contributed by atoms with E-state index in [1.54, 1.807) is 47.8 Å². The smallest absolute Gasteiger partial charge is 0.244 e. The molecule has 0 atom stereocenters. The number of ether oxygens (including phenoxy) is 1. The van der Waals surface area contributed by atoms with E-state index < -0.39 is 0 Å². The van der Waals surface area contributed by atoms with Crippen molar-refractivity contribution in [3.8, 4) is 5.75 Å². The number of carbonyl (C=O) groups excluding carboxylic acids is 3. The van der Waals surface area contributed by atoms with Crippen molar-refractivity contribution in [2.45, 2.75) is 38.3 Å². The van der Waals surface area contributed by atoms with Gasteiger partial charge in [-0.1, -0.05) is 30.3 Å². The van der Waals surface area contributed by atoms with Gasteiger partial charge in [0.2, 0.25) is 11.8 Å². The van der Waals surface area contributed by atoms with Crippen LogP contribution in [-0.4, -0.2) is 56.5 Å². The van der Waals surface area contributed by atoms with Crippen LogP contribution in [0.4, 0.5) is 5.69 Å². The van der Waals surface area contributed by atoms with Crippen molar-refractivity contribution >= 4 is 23.3 Å². The van der Waals surface area contributed by atoms with Gasteiger partial charge in [0, 0.05) is 56.7 Å². The van der Waals surface area contributed by atoms with Crippen LogP contribution in [0.25, 0.3) is 0 Å². The van der Waals surface area contributed by atoms with E-state index in [-0.39, 0.29) is 43.1 Å². The highest BCUT2D eigenvalue weighted by molar-refractivity contribution is 5.99. The molecule has 1 saturated heterocycles. The highest BCUT2D eigenvalue weighted by Crippen LogP contribution is 2.18. The zero-order valence-electron chi connectivity index (χ0n) is 18.8. The summed E-state index contributed by atoms with van der Waals surface area (Å²) in [5, 5.41) is 6.90. The molecule has 34 heavy (non-hydrogen) atoms. The molecule has 0 bridgehead atoms. The zero-order chi connectivity index (χ0) is 23.8. The Hall–Kier alpha value is -4.01. The quantitative estimate of drug-likeness (QED) is 0.491. The summed E-state index contributed by atoms with van der Waals surface area (Å²) in [6.45, 7) is 1.32. The van der Waals surface area contributed by atoms with Crippen molar-refractivity contribution in [1.29, 1.82) is 0 Å². The number of nitrogens with zero attached hydrogens (tertiary/aromatic N) is 4. The van der Waals surface area contributed by atoms with Crippen LogP contribution in [0.2, 0.25) is 0 Å². The van der Waals surface area contributed by atoms with Gasteiger partial charge in [0.1, 0.15) is 18.4 Å². The van der Waals surface area contributed by atoms with Gasteiger partial charge in [-0.15, -0.1) is 0 Å². The molecular weight excluding hydrogens is 434 g/mol. The van der Waals surface area contributed by atoms with Gasteiger partial charge in [-0.2, -0.15) is 5.10 Å². The molecule has 3 heterocycles. The summed E-state index contributed by atoms with van der Waals surface area (Å²) in [4.78, 5) is 42.9. The van der Waals surface area contributed by atoms with Crippen molar-refractivity contribution in [2.75, 3.05) is 18.4 Å². The predicted molar refractivity (Wildman–Crippen MR) is 125 cm³/mol. The molecule has 0 spiro atoms. The molecule has 2 aromatic heterocycles. The van der Waals surface area contributed by atoms with Crippen molar-refractivity contribution in [3.63, 3.8) is 0 Å². The van der Waals surface area contributed by atoms with Gasteiger partial charge in [-0.3, -0.25) is 24.0 Å². The molecule has 1 aliphatic heterocycles. The van der Waals surface area contributed by atoms with E-state index in [0.717, 1.165) is 18.6 Å². The maximum absolute atomic E-state index is 12.7. The van der Waals surface area contributed by atoms with Crippen LogP contribution in [0.3, 0.4) is 0 Å². The molecule has 0 unspecified atom stereocenters. The molecule has 1 fully saturated rings. The van der Waals surface area contributed by atoms with Crippen LogP contribution >= 0.6 is 0 Å². The number of rotatable bonds is 9. The zero-order valence-corrected chi connectivity index (χ0v) is 18.8. The van der Waals surface area contributed by atoms with Crippen LogP contribution in [0.15, 0.2) is 67.3 Å². The first-order valence-corrected chi connectivity index (χ1v) is 11.3. The Morgan fingerprint density at radius 2 is 1.79 bits per heavy atom. The molecule has 176 valence electrons. The maximum Gasteiger partial charge on any atom is 0.244 e. The molecule has 0 aliphatic carbocycles. The summed E-state index contributed by atoms with van der Waals surface area (Å²) in [5.41, 5.74) is 1.09. The molecule has 3 aromatic rings. The second-order valence-corrected chi connectivity index (χ2v) is 8.15. The largest absolute Gasteiger partial charge is 0.489 e. The van der Waals surface area contributed by atoms with Crippen LogP contribution in [-0.2, 0) is 16.1 Å². The second kappa shape index (κ2) is 11.2. The third-order valence-corrected chi connectivity index (χ3v) is 5.62. The topological polar surface area (TPSA) is 106 Å². The Balaban J connectivity index is 1.19. The Morgan fingerprint density at radius 1 is 1.00 bits per heavy atom. The number of pyridine rings is 1. The van der Waals surface area contributed by atoms with Gasteiger partial charge in [-0.25, -0.2) is 0 Å². The number of carbonyl (C=O) groups is 3. The van der Waals surface area contributed by atoms with Gasteiger partial charge in [0.25, 0.3) is 0 Å². The van der Waals surface area contributed by atoms with Gasteiger partial charge in [0.15, 0.2) is 5.78 Å². The fourth-order valence-electron chi connectivity index (χ4n) is 3.80. The summed E-state index contributed by atoms with van der Waals surface area (Å²) in [5.74, 6) is 0.356. The molecule has 1 aromatic carbocycles. The average molecular weight is 462 g/mol. The Labute approximate surface area is 197 Å². The Bertz CT molecular complexity index is 1110. The number of hydrogen-bond donors (Lipinski definition) is 1. The fraction of sp³-hybridized carbons (Fsp3) is 0.320. The third-order valence-electron chi connectivity index (χ3n) is 5.62. The van der Waals surface area contributed by atoms with Gasteiger partial charge in [0.05, 0.1) is 18.1 Å². The number of likely N-dealkylation sites (tertiary alicyclic amines) is 1. The standard InChI is InChI=1S/C25H27N5O4/c31-23(19-5-2-1-3-6-19)8-9-24(32)28-20-15-27-30(17-20)18-25(33)29-13-10-21(11-14-29)34-22-7-4-12-26-16-22/h1-7,12,15-17,21H,8-11,13-14,18H2,(H,28,32). The van der Waals surface area contributed by atoms with E-state index in [9.17, 15) is 14.4 Å². The minimum Gasteiger partial charge on any atom is -0.489 e. The molecule has 1 N–H and O–H groups in total. The number of nitrogens with one attached hydrogen (secondary N) is 1. The van der Waals surface area contributed by atoms with Crippen molar-refractivity contribution in [1.82, 2.24) is 19.7 Å². The number of amides is 2. The predicted octanol–water partition coefficient (Wildman–Crippen LogP) is 2.95. The summed E-state index contributed by atoms with van der Waals surface area (Å²) in [7, 11) is 0. The molecule has 9 nitrogen and oxygen atoms in total. The van der Waals surface area contributed by atoms with Crippen LogP contribution in [0.5, 0.6) is 5.75 Å². The van der Waals surface area contributed by atoms with E-state index >= 15 is 0 Å². The molecule has 2 amide bonds. The van der Waals surface area contributed by atoms with E-state index in [0.29, 0.717) is 24.3 Å². The van der Waals surface area contributed by atoms with Gasteiger partial charge >= 0.3 is 0 Å². The Kier molecular flexibility index (Phi) is 7.64. The molecule has 0 saturated carbocycles. The summed E-state index contributed by atoms with van der Waals surface area (Å²) in [6.07, 6.45) is 8.28. The van der Waals surface area contributed by atoms with Crippen LogP contribution in [0.1, 0.15) is 36.0 Å². The lowest BCUT2D eigenvalue weighted by atomic mass is 10.1. The number of ketones is 1. The monoisotopic (exact) mass is 461 g/mol. The van der Waals surface area contributed by atoms with Gasteiger partial charge < -0.3 is 15.0 Å². The molecule has 9 heteroatoms. The first-order valence-electron chi connectivity index (χ1n) is 11.3. The van der Waals surface area contributed by atoms with Crippen LogP contribution in [0, 0.1) is 0 Å². The number of hydrogen-bond acceptors (Lipinski definition) is 6. The first-order chi connectivity index (χ1) is 16.6. The number of aromatic nitrogens is 3. The highest BCUT2D eigenvalue weighted by Gasteiger charge is 2.24. The average Bonchev–Trinajstić information content (AvgIpc) is 3.30. The van der Waals surface area contributed by atoms with Crippen molar-refractivity contribution in [3.05, 3.63) is 72.8 Å². The first kappa shape index (κ1) is 23.2. The summed E-state index contributed by atoms with van der Waals surface area (Å²) >= 11 is 0. The minimum atomic E-state index is -0.272. The molecule has 0 radical (unpaired) electrons.